The Morgan fingerprint density at radius 2 is 1.79 bits per heavy atom. The van der Waals surface area contributed by atoms with Crippen molar-refractivity contribution in [3.8, 4) is 5.69 Å². The van der Waals surface area contributed by atoms with Crippen LogP contribution >= 0.6 is 11.6 Å². The van der Waals surface area contributed by atoms with Gasteiger partial charge in [0, 0.05) is 18.9 Å². The van der Waals surface area contributed by atoms with Crippen molar-refractivity contribution in [3.05, 3.63) is 71.4 Å². The molecule has 28 heavy (non-hydrogen) atoms. The van der Waals surface area contributed by atoms with Gasteiger partial charge in [-0.25, -0.2) is 4.68 Å². The van der Waals surface area contributed by atoms with Crippen LogP contribution in [-0.4, -0.2) is 24.7 Å². The highest BCUT2D eigenvalue weighted by atomic mass is 35.5. The largest absolute Gasteiger partial charge is 0.365 e. The minimum absolute atomic E-state index is 0.176. The summed E-state index contributed by atoms with van der Waals surface area (Å²) in [5.41, 5.74) is 3.83. The standard InChI is InChI=1S/C18H15ClN6.C3H8/c1-12-4-6-14(7-5-12)25-17-15(11-22-25)16(23-18(19)24-17)21-10-13-3-2-8-20-9-13;1-3-2/h2-9,11H,10H2,1H3,(H,21,23,24);3H2,1-2H3. The monoisotopic (exact) mass is 394 g/mol. The number of fused-ring (bicyclic) bond motifs is 1. The lowest BCUT2D eigenvalue weighted by atomic mass is 10.2. The number of nitrogens with one attached hydrogen (secondary N) is 1. The molecule has 3 aromatic heterocycles. The van der Waals surface area contributed by atoms with Gasteiger partial charge in [-0.1, -0.05) is 44.0 Å². The maximum Gasteiger partial charge on any atom is 0.226 e. The Labute approximate surface area is 169 Å². The molecule has 0 aliphatic carbocycles. The van der Waals surface area contributed by atoms with Gasteiger partial charge in [0.2, 0.25) is 5.28 Å². The first kappa shape index (κ1) is 19.8. The first-order valence-electron chi connectivity index (χ1n) is 9.23. The molecule has 0 unspecified atom stereocenters. The fraction of sp³-hybridized carbons (Fsp3) is 0.238. The van der Waals surface area contributed by atoms with Gasteiger partial charge in [-0.2, -0.15) is 15.1 Å². The molecule has 0 aliphatic rings. The molecule has 0 radical (unpaired) electrons. The van der Waals surface area contributed by atoms with Crippen LogP contribution in [0.3, 0.4) is 0 Å². The van der Waals surface area contributed by atoms with E-state index in [9.17, 15) is 0 Å². The number of hydrogen-bond donors (Lipinski definition) is 1. The van der Waals surface area contributed by atoms with E-state index in [1.54, 1.807) is 17.1 Å². The molecular formula is C21H23ClN6. The maximum atomic E-state index is 6.13. The van der Waals surface area contributed by atoms with Crippen LogP contribution in [0.2, 0.25) is 5.28 Å². The summed E-state index contributed by atoms with van der Waals surface area (Å²) >= 11 is 6.13. The Morgan fingerprint density at radius 3 is 2.46 bits per heavy atom. The van der Waals surface area contributed by atoms with E-state index in [2.05, 4.69) is 39.2 Å². The number of anilines is 1. The first-order chi connectivity index (χ1) is 13.6. The molecule has 0 atom stereocenters. The van der Waals surface area contributed by atoms with Crippen molar-refractivity contribution in [2.75, 3.05) is 5.32 Å². The third-order valence-electron chi connectivity index (χ3n) is 3.86. The Kier molecular flexibility index (Phi) is 6.55. The molecule has 1 N–H and O–H groups in total. The number of benzene rings is 1. The lowest BCUT2D eigenvalue weighted by Gasteiger charge is -2.08. The van der Waals surface area contributed by atoms with Crippen LogP contribution in [0.5, 0.6) is 0 Å². The van der Waals surface area contributed by atoms with Gasteiger partial charge in [-0.3, -0.25) is 4.98 Å². The molecule has 0 aliphatic heterocycles. The fourth-order valence-corrected chi connectivity index (χ4v) is 2.74. The van der Waals surface area contributed by atoms with E-state index < -0.39 is 0 Å². The number of aromatic nitrogens is 5. The molecule has 144 valence electrons. The van der Waals surface area contributed by atoms with Crippen LogP contribution in [0.15, 0.2) is 55.0 Å². The first-order valence-corrected chi connectivity index (χ1v) is 9.61. The average Bonchev–Trinajstić information content (AvgIpc) is 3.12. The van der Waals surface area contributed by atoms with Crippen molar-refractivity contribution in [3.63, 3.8) is 0 Å². The lowest BCUT2D eigenvalue weighted by molar-refractivity contribution is 0.894. The van der Waals surface area contributed by atoms with E-state index in [0.29, 0.717) is 18.0 Å². The average molecular weight is 395 g/mol. The molecule has 4 aromatic rings. The van der Waals surface area contributed by atoms with Gasteiger partial charge in [0.1, 0.15) is 5.82 Å². The van der Waals surface area contributed by atoms with Crippen LogP contribution < -0.4 is 5.32 Å². The summed E-state index contributed by atoms with van der Waals surface area (Å²) in [7, 11) is 0. The van der Waals surface area contributed by atoms with E-state index in [1.807, 2.05) is 49.5 Å². The van der Waals surface area contributed by atoms with Crippen LogP contribution in [0.1, 0.15) is 31.4 Å². The zero-order chi connectivity index (χ0) is 19.9. The second kappa shape index (κ2) is 9.28. The van der Waals surface area contributed by atoms with E-state index in [4.69, 9.17) is 11.6 Å². The van der Waals surface area contributed by atoms with Crippen molar-refractivity contribution in [2.24, 2.45) is 0 Å². The highest BCUT2D eigenvalue weighted by Gasteiger charge is 2.13. The van der Waals surface area contributed by atoms with Gasteiger partial charge in [0.15, 0.2) is 5.65 Å². The molecule has 0 amide bonds. The fourth-order valence-electron chi connectivity index (χ4n) is 2.58. The minimum Gasteiger partial charge on any atom is -0.365 e. The normalized spacial score (nSPS) is 10.4. The second-order valence-corrected chi connectivity index (χ2v) is 6.73. The third-order valence-corrected chi connectivity index (χ3v) is 4.03. The summed E-state index contributed by atoms with van der Waals surface area (Å²) in [6.45, 7) is 6.89. The van der Waals surface area contributed by atoms with Gasteiger partial charge in [0.05, 0.1) is 17.3 Å². The molecule has 0 saturated carbocycles. The van der Waals surface area contributed by atoms with E-state index >= 15 is 0 Å². The van der Waals surface area contributed by atoms with Crippen molar-refractivity contribution in [1.29, 1.82) is 0 Å². The van der Waals surface area contributed by atoms with Crippen molar-refractivity contribution < 1.29 is 0 Å². The van der Waals surface area contributed by atoms with Crippen LogP contribution in [0.4, 0.5) is 5.82 Å². The minimum atomic E-state index is 0.176. The summed E-state index contributed by atoms with van der Waals surface area (Å²) < 4.78 is 1.76. The maximum absolute atomic E-state index is 6.13. The lowest BCUT2D eigenvalue weighted by Crippen LogP contribution is -2.04. The SMILES string of the molecule is CCC.Cc1ccc(-n2ncc3c(NCc4cccnc4)nc(Cl)nc32)cc1. The summed E-state index contributed by atoms with van der Waals surface area (Å²) in [4.78, 5) is 12.8. The molecule has 4 rings (SSSR count). The topological polar surface area (TPSA) is 68.5 Å². The van der Waals surface area contributed by atoms with Gasteiger partial charge in [0.25, 0.3) is 0 Å². The van der Waals surface area contributed by atoms with Crippen LogP contribution in [0, 0.1) is 6.92 Å². The Balaban J connectivity index is 0.000000706. The van der Waals surface area contributed by atoms with Gasteiger partial charge < -0.3 is 5.32 Å². The smallest absolute Gasteiger partial charge is 0.226 e. The van der Waals surface area contributed by atoms with Crippen molar-refractivity contribution in [1.82, 2.24) is 24.7 Å². The number of aryl methyl sites for hydroxylation is 1. The zero-order valence-corrected chi connectivity index (χ0v) is 17.0. The summed E-state index contributed by atoms with van der Waals surface area (Å²) in [5, 5.41) is 8.73. The summed E-state index contributed by atoms with van der Waals surface area (Å²) in [6.07, 6.45) is 6.55. The molecule has 7 heteroatoms. The van der Waals surface area contributed by atoms with Crippen LogP contribution in [-0.2, 0) is 6.54 Å². The van der Waals surface area contributed by atoms with Gasteiger partial charge in [-0.15, -0.1) is 0 Å². The predicted octanol–water partition coefficient (Wildman–Crippen LogP) is 5.20. The molecule has 0 saturated heterocycles. The second-order valence-electron chi connectivity index (χ2n) is 6.39. The number of rotatable bonds is 4. The molecule has 6 nitrogen and oxygen atoms in total. The quantitative estimate of drug-likeness (QED) is 0.482. The molecule has 0 spiro atoms. The highest BCUT2D eigenvalue weighted by molar-refractivity contribution is 6.28. The van der Waals surface area contributed by atoms with Gasteiger partial charge >= 0.3 is 0 Å². The molecule has 0 bridgehead atoms. The number of pyridine rings is 1. The third kappa shape index (κ3) is 4.64. The highest BCUT2D eigenvalue weighted by Crippen LogP contribution is 2.24. The van der Waals surface area contributed by atoms with Crippen molar-refractivity contribution in [2.45, 2.75) is 33.7 Å². The summed E-state index contributed by atoms with van der Waals surface area (Å²) in [6, 6.07) is 12.0. The number of hydrogen-bond acceptors (Lipinski definition) is 5. The zero-order valence-electron chi connectivity index (χ0n) is 16.2. The summed E-state index contributed by atoms with van der Waals surface area (Å²) in [5.74, 6) is 0.650. The van der Waals surface area contributed by atoms with E-state index in [-0.39, 0.29) is 5.28 Å². The van der Waals surface area contributed by atoms with Crippen molar-refractivity contribution >= 4 is 28.5 Å². The molecule has 1 aromatic carbocycles. The Morgan fingerprint density at radius 1 is 1.04 bits per heavy atom. The molecule has 3 heterocycles. The Hall–Kier alpha value is -2.99. The number of halogens is 1. The van der Waals surface area contributed by atoms with Gasteiger partial charge in [-0.05, 0) is 42.3 Å². The predicted molar refractivity (Wildman–Crippen MR) is 114 cm³/mol. The molecular weight excluding hydrogens is 372 g/mol. The van der Waals surface area contributed by atoms with E-state index in [0.717, 1.165) is 16.6 Å². The van der Waals surface area contributed by atoms with Crippen LogP contribution in [0.25, 0.3) is 16.7 Å². The molecule has 0 fully saturated rings. The Bertz CT molecular complexity index is 1030. The number of nitrogens with zero attached hydrogens (tertiary/aromatic N) is 5. The van der Waals surface area contributed by atoms with E-state index in [1.165, 1.54) is 12.0 Å².